The summed E-state index contributed by atoms with van der Waals surface area (Å²) in [5, 5.41) is 5.20. The van der Waals surface area contributed by atoms with Gasteiger partial charge < -0.3 is 0 Å². The second kappa shape index (κ2) is 8.37. The summed E-state index contributed by atoms with van der Waals surface area (Å²) in [6.45, 7) is 0. The van der Waals surface area contributed by atoms with E-state index in [0.717, 1.165) is 10.0 Å². The first-order chi connectivity index (χ1) is 15.6. The molecule has 1 unspecified atom stereocenters. The smallest absolute Gasteiger partial charge is 0.291 e. The van der Waals surface area contributed by atoms with Crippen molar-refractivity contribution in [2.75, 3.05) is 11.2 Å². The average Bonchev–Trinajstić information content (AvgIpc) is 2.83. The van der Waals surface area contributed by atoms with Gasteiger partial charge in [-0.3, -0.25) is 14.6 Å². The van der Waals surface area contributed by atoms with Gasteiger partial charge in [0.05, 0.1) is 11.3 Å². The summed E-state index contributed by atoms with van der Waals surface area (Å²) < 4.78 is 2.59. The van der Waals surface area contributed by atoms with Crippen molar-refractivity contribution in [2.45, 2.75) is 11.3 Å². The van der Waals surface area contributed by atoms with Crippen molar-refractivity contribution in [3.05, 3.63) is 105 Å². The summed E-state index contributed by atoms with van der Waals surface area (Å²) in [5.41, 5.74) is 2.89. The second-order valence-electron chi connectivity index (χ2n) is 7.24. The maximum Gasteiger partial charge on any atom is 0.325 e. The van der Waals surface area contributed by atoms with Crippen LogP contribution in [0.3, 0.4) is 0 Å². The highest BCUT2D eigenvalue weighted by Gasteiger charge is 2.45. The maximum atomic E-state index is 13.8. The van der Waals surface area contributed by atoms with Crippen molar-refractivity contribution in [1.82, 2.24) is 10.1 Å². The number of para-hydroxylation sites is 1. The summed E-state index contributed by atoms with van der Waals surface area (Å²) in [6, 6.07) is 24.3. The third-order valence-electron chi connectivity index (χ3n) is 5.36. The number of amides is 1. The highest BCUT2D eigenvalue weighted by molar-refractivity contribution is 9.10. The van der Waals surface area contributed by atoms with Gasteiger partial charge in [-0.25, -0.2) is 4.90 Å². The zero-order valence-electron chi connectivity index (χ0n) is 17.0. The number of hydrogen-bond donors (Lipinski definition) is 1. The van der Waals surface area contributed by atoms with Crippen LogP contribution in [0.1, 0.15) is 22.1 Å². The van der Waals surface area contributed by atoms with Gasteiger partial charge in [-0.05, 0) is 59.5 Å². The number of carbonyl (C=O) groups is 1. The van der Waals surface area contributed by atoms with Gasteiger partial charge in [-0.1, -0.05) is 58.0 Å². The zero-order chi connectivity index (χ0) is 22.2. The van der Waals surface area contributed by atoms with Crippen LogP contribution in [0.15, 0.2) is 93.3 Å². The molecule has 1 amide bonds. The fourth-order valence-corrected chi connectivity index (χ4v) is 4.57. The van der Waals surface area contributed by atoms with Crippen LogP contribution in [-0.2, 0) is 0 Å². The number of anilines is 1. The molecular weight excluding hydrogens is 488 g/mol. The van der Waals surface area contributed by atoms with E-state index in [1.54, 1.807) is 21.7 Å². The normalized spacial score (nSPS) is 14.6. The number of H-pyrrole nitrogens is 1. The molecule has 158 valence electrons. The van der Waals surface area contributed by atoms with Crippen molar-refractivity contribution in [3.63, 3.8) is 0 Å². The summed E-state index contributed by atoms with van der Waals surface area (Å²) in [4.78, 5) is 31.6. The number of nitrogens with one attached hydrogen (secondary N) is 1. The van der Waals surface area contributed by atoms with E-state index in [2.05, 4.69) is 20.9 Å². The number of nitrogens with zero attached hydrogens (tertiary/aromatic N) is 3. The van der Waals surface area contributed by atoms with Crippen molar-refractivity contribution in [1.29, 1.82) is 0 Å². The van der Waals surface area contributed by atoms with E-state index in [1.807, 2.05) is 73.0 Å². The molecule has 0 spiro atoms. The molecule has 1 N–H and O–H groups in total. The Hall–Kier alpha value is -3.23. The number of carbonyl (C=O) groups excluding carboxylic acids is 1. The lowest BCUT2D eigenvalue weighted by atomic mass is 10.0. The molecule has 0 bridgehead atoms. The molecule has 0 saturated carbocycles. The van der Waals surface area contributed by atoms with Gasteiger partial charge in [-0.15, -0.1) is 0 Å². The number of fused-ring (bicyclic) bond motifs is 3. The third kappa shape index (κ3) is 3.45. The summed E-state index contributed by atoms with van der Waals surface area (Å²) in [6.07, 6.45) is 1.22. The molecule has 0 aliphatic carbocycles. The molecule has 1 atom stereocenters. The van der Waals surface area contributed by atoms with Crippen molar-refractivity contribution in [3.8, 4) is 11.3 Å². The lowest BCUT2D eigenvalue weighted by Crippen LogP contribution is -2.60. The molecule has 32 heavy (non-hydrogen) atoms. The van der Waals surface area contributed by atoms with Gasteiger partial charge >= 0.3 is 11.3 Å². The Morgan fingerprint density at radius 1 is 1.03 bits per heavy atom. The first kappa shape index (κ1) is 20.7. The van der Waals surface area contributed by atoms with Crippen LogP contribution in [-0.4, -0.2) is 22.2 Å². The van der Waals surface area contributed by atoms with Crippen molar-refractivity contribution < 1.29 is 9.48 Å². The number of hydrogen-bond acceptors (Lipinski definition) is 4. The standard InChI is InChI=1S/C24H17BrN4O2S/c1-32-24-26-21(30)20-18-9-5-6-10-19(18)28(23(31)16-7-3-2-4-8-16)22(29(20)27-24)15-11-13-17(25)14-12-15/h2-14,22H,1H3/p+1. The monoisotopic (exact) mass is 505 g/mol. The predicted octanol–water partition coefficient (Wildman–Crippen LogP) is 4.42. The van der Waals surface area contributed by atoms with E-state index in [4.69, 9.17) is 5.10 Å². The van der Waals surface area contributed by atoms with Gasteiger partial charge in [0.2, 0.25) is 5.16 Å². The minimum atomic E-state index is -0.631. The van der Waals surface area contributed by atoms with E-state index in [1.165, 1.54) is 11.8 Å². The molecule has 6 nitrogen and oxygen atoms in total. The fraction of sp³-hybridized carbons (Fsp3) is 0.0833. The average molecular weight is 506 g/mol. The van der Waals surface area contributed by atoms with Crippen LogP contribution in [0.4, 0.5) is 5.69 Å². The molecule has 2 heterocycles. The Kier molecular flexibility index (Phi) is 5.40. The molecule has 8 heteroatoms. The molecule has 0 radical (unpaired) electrons. The molecule has 4 aromatic rings. The number of thioether (sulfide) groups is 1. The van der Waals surface area contributed by atoms with Gasteiger partial charge in [0.15, 0.2) is 0 Å². The zero-order valence-corrected chi connectivity index (χ0v) is 19.4. The number of benzene rings is 3. The Morgan fingerprint density at radius 2 is 1.72 bits per heavy atom. The SMILES string of the molecule is CSc1n[n+]2c(c(=O)[nH]1)-c1ccccc1N(C(=O)c1ccccc1)C2c1ccc(Br)cc1. The first-order valence-corrected chi connectivity index (χ1v) is 11.9. The quantitative estimate of drug-likeness (QED) is 0.330. The topological polar surface area (TPSA) is 69.9 Å². The third-order valence-corrected chi connectivity index (χ3v) is 6.46. The highest BCUT2D eigenvalue weighted by Crippen LogP contribution is 2.38. The maximum absolute atomic E-state index is 13.8. The van der Waals surface area contributed by atoms with Crippen LogP contribution in [0, 0.1) is 0 Å². The van der Waals surface area contributed by atoms with Crippen LogP contribution in [0.25, 0.3) is 11.3 Å². The fourth-order valence-electron chi connectivity index (χ4n) is 3.94. The molecule has 1 aliphatic heterocycles. The van der Waals surface area contributed by atoms with E-state index in [-0.39, 0.29) is 11.5 Å². The lowest BCUT2D eigenvalue weighted by Gasteiger charge is -2.32. The number of aromatic nitrogens is 3. The lowest BCUT2D eigenvalue weighted by molar-refractivity contribution is -0.763. The highest BCUT2D eigenvalue weighted by atomic mass is 79.9. The molecule has 0 fully saturated rings. The van der Waals surface area contributed by atoms with Crippen molar-refractivity contribution >= 4 is 39.3 Å². The van der Waals surface area contributed by atoms with Gasteiger partial charge in [-0.2, -0.15) is 0 Å². The van der Waals surface area contributed by atoms with E-state index >= 15 is 0 Å². The number of rotatable bonds is 3. The van der Waals surface area contributed by atoms with Gasteiger partial charge in [0, 0.05) is 20.7 Å². The number of halogens is 1. The molecular formula is C24H18BrN4O2S+. The van der Waals surface area contributed by atoms with Crippen LogP contribution < -0.4 is 15.1 Å². The molecule has 5 rings (SSSR count). The minimum Gasteiger partial charge on any atom is -0.291 e. The Balaban J connectivity index is 1.83. The molecule has 3 aromatic carbocycles. The second-order valence-corrected chi connectivity index (χ2v) is 8.95. The van der Waals surface area contributed by atoms with Crippen molar-refractivity contribution in [2.24, 2.45) is 0 Å². The summed E-state index contributed by atoms with van der Waals surface area (Å²) in [7, 11) is 0. The molecule has 1 aromatic heterocycles. The summed E-state index contributed by atoms with van der Waals surface area (Å²) >= 11 is 4.83. The largest absolute Gasteiger partial charge is 0.325 e. The van der Waals surface area contributed by atoms with E-state index < -0.39 is 6.17 Å². The van der Waals surface area contributed by atoms with Crippen LogP contribution in [0.2, 0.25) is 0 Å². The van der Waals surface area contributed by atoms with E-state index in [9.17, 15) is 9.59 Å². The van der Waals surface area contributed by atoms with Crippen LogP contribution in [0.5, 0.6) is 0 Å². The Labute approximate surface area is 197 Å². The van der Waals surface area contributed by atoms with Gasteiger partial charge in [0.1, 0.15) is 0 Å². The minimum absolute atomic E-state index is 0.170. The van der Waals surface area contributed by atoms with Crippen LogP contribution >= 0.6 is 27.7 Å². The van der Waals surface area contributed by atoms with Gasteiger partial charge in [0.25, 0.3) is 12.1 Å². The molecule has 0 saturated heterocycles. The Bertz CT molecular complexity index is 1370. The first-order valence-electron chi connectivity index (χ1n) is 9.92. The molecule has 1 aliphatic rings. The predicted molar refractivity (Wildman–Crippen MR) is 128 cm³/mol. The Morgan fingerprint density at radius 3 is 2.44 bits per heavy atom. The summed E-state index contributed by atoms with van der Waals surface area (Å²) in [5.74, 6) is -0.170. The van der Waals surface area contributed by atoms with E-state index in [0.29, 0.717) is 27.7 Å². The number of aromatic amines is 1.